The zero-order valence-electron chi connectivity index (χ0n) is 13.1. The largest absolute Gasteiger partial charge is 0.489 e. The van der Waals surface area contributed by atoms with Crippen molar-refractivity contribution < 1.29 is 9.53 Å². The Morgan fingerprint density at radius 2 is 1.88 bits per heavy atom. The summed E-state index contributed by atoms with van der Waals surface area (Å²) < 4.78 is 6.76. The van der Waals surface area contributed by atoms with Crippen LogP contribution in [0, 0.1) is 0 Å². The van der Waals surface area contributed by atoms with Gasteiger partial charge in [-0.1, -0.05) is 28.1 Å². The van der Waals surface area contributed by atoms with Crippen molar-refractivity contribution in [2.24, 2.45) is 0 Å². The third-order valence-electron chi connectivity index (χ3n) is 3.82. The number of nitrogens with one attached hydrogen (secondary N) is 2. The Balaban J connectivity index is 0.00000208. The molecule has 4 nitrogen and oxygen atoms in total. The molecule has 1 aliphatic heterocycles. The number of halogens is 2. The second kappa shape index (κ2) is 9.06. The van der Waals surface area contributed by atoms with E-state index in [0.29, 0.717) is 6.61 Å². The lowest BCUT2D eigenvalue weighted by atomic mass is 10.2. The van der Waals surface area contributed by atoms with E-state index >= 15 is 0 Å². The Kier molecular flexibility index (Phi) is 7.09. The van der Waals surface area contributed by atoms with Crippen molar-refractivity contribution in [3.05, 3.63) is 58.6 Å². The molecule has 0 spiro atoms. The molecule has 0 radical (unpaired) electrons. The van der Waals surface area contributed by atoms with E-state index in [1.807, 2.05) is 48.5 Å². The van der Waals surface area contributed by atoms with Gasteiger partial charge in [0.2, 0.25) is 5.91 Å². The Hall–Kier alpha value is -1.56. The first-order chi connectivity index (χ1) is 11.2. The molecular formula is C18H20BrClN2O2. The van der Waals surface area contributed by atoms with Crippen LogP contribution in [-0.4, -0.2) is 18.5 Å². The Morgan fingerprint density at radius 1 is 1.17 bits per heavy atom. The number of hydrogen-bond donors (Lipinski definition) is 2. The van der Waals surface area contributed by atoms with Crippen LogP contribution in [0.25, 0.3) is 0 Å². The predicted octanol–water partition coefficient (Wildman–Crippen LogP) is 4.14. The van der Waals surface area contributed by atoms with Crippen molar-refractivity contribution in [3.63, 3.8) is 0 Å². The SMILES string of the molecule is Cl.O=C(Nc1ccc(COc2ccc(Br)cc2)cc1)C1CCCN1. The third-order valence-corrected chi connectivity index (χ3v) is 4.35. The van der Waals surface area contributed by atoms with Crippen LogP contribution < -0.4 is 15.4 Å². The minimum atomic E-state index is -0.0598. The molecule has 1 atom stereocenters. The monoisotopic (exact) mass is 410 g/mol. The molecule has 0 aliphatic carbocycles. The second-order valence-electron chi connectivity index (χ2n) is 5.58. The summed E-state index contributed by atoms with van der Waals surface area (Å²) >= 11 is 3.40. The zero-order chi connectivity index (χ0) is 16.1. The van der Waals surface area contributed by atoms with Gasteiger partial charge in [0.25, 0.3) is 0 Å². The first kappa shape index (κ1) is 18.8. The Morgan fingerprint density at radius 3 is 2.50 bits per heavy atom. The fraction of sp³-hybridized carbons (Fsp3) is 0.278. The highest BCUT2D eigenvalue weighted by Crippen LogP contribution is 2.18. The number of ether oxygens (including phenoxy) is 1. The molecule has 0 saturated carbocycles. The van der Waals surface area contributed by atoms with Crippen molar-refractivity contribution in [1.29, 1.82) is 0 Å². The van der Waals surface area contributed by atoms with E-state index < -0.39 is 0 Å². The van der Waals surface area contributed by atoms with Gasteiger partial charge in [-0.05, 0) is 61.3 Å². The number of benzene rings is 2. The van der Waals surface area contributed by atoms with E-state index in [9.17, 15) is 4.79 Å². The Bertz CT molecular complexity index is 656. The number of amides is 1. The summed E-state index contributed by atoms with van der Waals surface area (Å²) in [6.07, 6.45) is 1.97. The lowest BCUT2D eigenvalue weighted by Crippen LogP contribution is -2.35. The van der Waals surface area contributed by atoms with Crippen LogP contribution in [0.1, 0.15) is 18.4 Å². The number of rotatable bonds is 5. The quantitative estimate of drug-likeness (QED) is 0.777. The molecule has 128 valence electrons. The van der Waals surface area contributed by atoms with Crippen molar-refractivity contribution >= 4 is 39.9 Å². The smallest absolute Gasteiger partial charge is 0.241 e. The molecule has 24 heavy (non-hydrogen) atoms. The summed E-state index contributed by atoms with van der Waals surface area (Å²) in [5.41, 5.74) is 1.88. The molecule has 0 bridgehead atoms. The highest BCUT2D eigenvalue weighted by molar-refractivity contribution is 9.10. The van der Waals surface area contributed by atoms with Gasteiger partial charge in [0.15, 0.2) is 0 Å². The van der Waals surface area contributed by atoms with Crippen molar-refractivity contribution in [2.75, 3.05) is 11.9 Å². The maximum Gasteiger partial charge on any atom is 0.241 e. The third kappa shape index (κ3) is 5.23. The average Bonchev–Trinajstić information content (AvgIpc) is 3.10. The fourth-order valence-corrected chi connectivity index (χ4v) is 2.78. The molecule has 3 rings (SSSR count). The van der Waals surface area contributed by atoms with Crippen molar-refractivity contribution in [1.82, 2.24) is 5.32 Å². The minimum absolute atomic E-state index is 0. The maximum absolute atomic E-state index is 12.0. The van der Waals surface area contributed by atoms with Crippen molar-refractivity contribution in [3.8, 4) is 5.75 Å². The normalized spacial score (nSPS) is 16.3. The second-order valence-corrected chi connectivity index (χ2v) is 6.49. The summed E-state index contributed by atoms with van der Waals surface area (Å²) in [5.74, 6) is 0.874. The van der Waals surface area contributed by atoms with Crippen LogP contribution in [0.3, 0.4) is 0 Å². The fourth-order valence-electron chi connectivity index (χ4n) is 2.52. The Labute approximate surface area is 156 Å². The van der Waals surface area contributed by atoms with E-state index in [4.69, 9.17) is 4.74 Å². The predicted molar refractivity (Wildman–Crippen MR) is 102 cm³/mol. The number of anilines is 1. The van der Waals surface area contributed by atoms with E-state index in [0.717, 1.165) is 40.9 Å². The molecule has 1 aliphatic rings. The van der Waals surface area contributed by atoms with Crippen LogP contribution in [-0.2, 0) is 11.4 Å². The van der Waals surface area contributed by atoms with E-state index in [-0.39, 0.29) is 24.4 Å². The maximum atomic E-state index is 12.0. The molecule has 2 aromatic rings. The summed E-state index contributed by atoms with van der Waals surface area (Å²) in [4.78, 5) is 12.0. The molecule has 1 fully saturated rings. The molecule has 1 heterocycles. The first-order valence-electron chi connectivity index (χ1n) is 7.72. The number of carbonyl (C=O) groups is 1. The molecule has 1 unspecified atom stereocenters. The topological polar surface area (TPSA) is 50.4 Å². The first-order valence-corrected chi connectivity index (χ1v) is 8.51. The van der Waals surface area contributed by atoms with Crippen molar-refractivity contribution in [2.45, 2.75) is 25.5 Å². The molecule has 0 aromatic heterocycles. The van der Waals surface area contributed by atoms with Gasteiger partial charge in [-0.25, -0.2) is 0 Å². The summed E-state index contributed by atoms with van der Waals surface area (Å²) in [6.45, 7) is 1.42. The van der Waals surface area contributed by atoms with Crippen LogP contribution in [0.15, 0.2) is 53.0 Å². The van der Waals surface area contributed by atoms with Gasteiger partial charge in [-0.3, -0.25) is 4.79 Å². The summed E-state index contributed by atoms with van der Waals surface area (Å²) in [7, 11) is 0. The van der Waals surface area contributed by atoms with Crippen LogP contribution in [0.5, 0.6) is 5.75 Å². The molecule has 2 aromatic carbocycles. The molecule has 1 amide bonds. The van der Waals surface area contributed by atoms with Crippen LogP contribution in [0.2, 0.25) is 0 Å². The highest BCUT2D eigenvalue weighted by atomic mass is 79.9. The van der Waals surface area contributed by atoms with Crippen LogP contribution >= 0.6 is 28.3 Å². The zero-order valence-corrected chi connectivity index (χ0v) is 15.5. The lowest BCUT2D eigenvalue weighted by molar-refractivity contribution is -0.117. The van der Waals surface area contributed by atoms with Gasteiger partial charge in [0.05, 0.1) is 6.04 Å². The minimum Gasteiger partial charge on any atom is -0.489 e. The lowest BCUT2D eigenvalue weighted by Gasteiger charge is -2.12. The summed E-state index contributed by atoms with van der Waals surface area (Å²) in [6, 6.07) is 15.4. The van der Waals surface area contributed by atoms with Gasteiger partial charge in [-0.15, -0.1) is 12.4 Å². The van der Waals surface area contributed by atoms with E-state index in [1.54, 1.807) is 0 Å². The average molecular weight is 412 g/mol. The van der Waals surface area contributed by atoms with Gasteiger partial charge in [-0.2, -0.15) is 0 Å². The van der Waals surface area contributed by atoms with E-state index in [2.05, 4.69) is 26.6 Å². The number of carbonyl (C=O) groups excluding carboxylic acids is 1. The van der Waals surface area contributed by atoms with E-state index in [1.165, 1.54) is 0 Å². The van der Waals surface area contributed by atoms with Gasteiger partial charge in [0.1, 0.15) is 12.4 Å². The highest BCUT2D eigenvalue weighted by Gasteiger charge is 2.21. The standard InChI is InChI=1S/C18H19BrN2O2.ClH/c19-14-5-9-16(10-6-14)23-12-13-3-7-15(8-4-13)21-18(22)17-2-1-11-20-17;/h3-10,17,20H,1-2,11-12H2,(H,21,22);1H. The van der Waals surface area contributed by atoms with Gasteiger partial charge in [0, 0.05) is 10.2 Å². The van der Waals surface area contributed by atoms with Crippen LogP contribution in [0.4, 0.5) is 5.69 Å². The molecular weight excluding hydrogens is 392 g/mol. The summed E-state index contributed by atoms with van der Waals surface area (Å²) in [5, 5.41) is 6.14. The molecule has 1 saturated heterocycles. The number of hydrogen-bond acceptors (Lipinski definition) is 3. The van der Waals surface area contributed by atoms with Gasteiger partial charge >= 0.3 is 0 Å². The van der Waals surface area contributed by atoms with Gasteiger partial charge < -0.3 is 15.4 Å². The molecule has 6 heteroatoms. The molecule has 2 N–H and O–H groups in total.